The summed E-state index contributed by atoms with van der Waals surface area (Å²) in [5, 5.41) is 9.17. The number of rotatable bonds is 3. The van der Waals surface area contributed by atoms with Gasteiger partial charge in [0, 0.05) is 12.1 Å². The molecule has 1 atom stereocenters. The van der Waals surface area contributed by atoms with Gasteiger partial charge in [-0.25, -0.2) is 0 Å². The average Bonchev–Trinajstić information content (AvgIpc) is 2.29. The van der Waals surface area contributed by atoms with E-state index in [0.717, 1.165) is 13.1 Å². The van der Waals surface area contributed by atoms with E-state index in [1.54, 1.807) is 24.3 Å². The maximum Gasteiger partial charge on any atom is 0.176 e. The molecule has 0 spiro atoms. The third kappa shape index (κ3) is 3.30. The number of likely N-dealkylation sites (tertiary alicyclic amines) is 1. The molecule has 1 aliphatic heterocycles. The zero-order chi connectivity index (χ0) is 12.3. The summed E-state index contributed by atoms with van der Waals surface area (Å²) >= 11 is 0. The third-order valence-electron chi connectivity index (χ3n) is 3.30. The number of benzene rings is 1. The highest BCUT2D eigenvalue weighted by Crippen LogP contribution is 2.16. The SMILES string of the molecule is CC1CCCN(CC(=O)c2ccc(O)cc2)C1. The van der Waals surface area contributed by atoms with Crippen LogP contribution in [0.4, 0.5) is 0 Å². The lowest BCUT2D eigenvalue weighted by molar-refractivity contribution is 0.0893. The standard InChI is InChI=1S/C14H19NO2/c1-11-3-2-8-15(9-11)10-14(17)12-4-6-13(16)7-5-12/h4-7,11,16H,2-3,8-10H2,1H3. The zero-order valence-corrected chi connectivity index (χ0v) is 10.2. The first kappa shape index (κ1) is 12.1. The van der Waals surface area contributed by atoms with E-state index in [2.05, 4.69) is 11.8 Å². The predicted molar refractivity (Wildman–Crippen MR) is 67.3 cm³/mol. The van der Waals surface area contributed by atoms with Crippen LogP contribution < -0.4 is 0 Å². The van der Waals surface area contributed by atoms with Crippen LogP contribution in [0, 0.1) is 5.92 Å². The van der Waals surface area contributed by atoms with Gasteiger partial charge in [0.1, 0.15) is 5.75 Å². The first-order valence-electron chi connectivity index (χ1n) is 6.20. The topological polar surface area (TPSA) is 40.5 Å². The fourth-order valence-electron chi connectivity index (χ4n) is 2.37. The Labute approximate surface area is 102 Å². The Bertz CT molecular complexity index is 386. The van der Waals surface area contributed by atoms with Gasteiger partial charge >= 0.3 is 0 Å². The van der Waals surface area contributed by atoms with Crippen molar-refractivity contribution in [1.29, 1.82) is 0 Å². The highest BCUT2D eigenvalue weighted by atomic mass is 16.3. The van der Waals surface area contributed by atoms with E-state index in [0.29, 0.717) is 18.0 Å². The fraction of sp³-hybridized carbons (Fsp3) is 0.500. The molecule has 0 bridgehead atoms. The number of Topliss-reactive ketones (excluding diaryl/α,β-unsaturated/α-hetero) is 1. The van der Waals surface area contributed by atoms with Gasteiger partial charge in [0.25, 0.3) is 0 Å². The van der Waals surface area contributed by atoms with Crippen LogP contribution >= 0.6 is 0 Å². The van der Waals surface area contributed by atoms with Crippen molar-refractivity contribution in [3.05, 3.63) is 29.8 Å². The maximum atomic E-state index is 12.0. The summed E-state index contributed by atoms with van der Waals surface area (Å²) in [6, 6.07) is 6.49. The van der Waals surface area contributed by atoms with Crippen LogP contribution in [0.2, 0.25) is 0 Å². The monoisotopic (exact) mass is 233 g/mol. The molecular formula is C14H19NO2. The lowest BCUT2D eigenvalue weighted by Crippen LogP contribution is -2.37. The molecule has 1 heterocycles. The Morgan fingerprint density at radius 2 is 2.12 bits per heavy atom. The number of nitrogens with zero attached hydrogens (tertiary/aromatic N) is 1. The van der Waals surface area contributed by atoms with Gasteiger partial charge in [0.05, 0.1) is 6.54 Å². The van der Waals surface area contributed by atoms with Gasteiger partial charge in [-0.2, -0.15) is 0 Å². The Morgan fingerprint density at radius 1 is 1.41 bits per heavy atom. The van der Waals surface area contributed by atoms with Crippen LogP contribution in [0.1, 0.15) is 30.1 Å². The molecule has 1 aliphatic rings. The largest absolute Gasteiger partial charge is 0.508 e. The molecule has 92 valence electrons. The Hall–Kier alpha value is -1.35. The molecule has 1 aromatic carbocycles. The van der Waals surface area contributed by atoms with Crippen molar-refractivity contribution in [3.63, 3.8) is 0 Å². The van der Waals surface area contributed by atoms with Crippen molar-refractivity contribution in [3.8, 4) is 5.75 Å². The van der Waals surface area contributed by atoms with Crippen molar-refractivity contribution >= 4 is 5.78 Å². The van der Waals surface area contributed by atoms with Crippen LogP contribution in [0.25, 0.3) is 0 Å². The number of hydrogen-bond donors (Lipinski definition) is 1. The molecule has 1 saturated heterocycles. The van der Waals surface area contributed by atoms with Gasteiger partial charge in [0.15, 0.2) is 5.78 Å². The van der Waals surface area contributed by atoms with Crippen LogP contribution in [0.15, 0.2) is 24.3 Å². The van der Waals surface area contributed by atoms with Gasteiger partial charge in [-0.05, 0) is 49.6 Å². The minimum atomic E-state index is 0.138. The smallest absolute Gasteiger partial charge is 0.176 e. The molecular weight excluding hydrogens is 214 g/mol. The molecule has 2 rings (SSSR count). The number of phenolic OH excluding ortho intramolecular Hbond substituents is 1. The maximum absolute atomic E-state index is 12.0. The Morgan fingerprint density at radius 3 is 2.76 bits per heavy atom. The first-order valence-corrected chi connectivity index (χ1v) is 6.20. The van der Waals surface area contributed by atoms with Crippen LogP contribution in [0.3, 0.4) is 0 Å². The van der Waals surface area contributed by atoms with E-state index in [9.17, 15) is 9.90 Å². The number of hydrogen-bond acceptors (Lipinski definition) is 3. The summed E-state index contributed by atoms with van der Waals surface area (Å²) < 4.78 is 0. The van der Waals surface area contributed by atoms with E-state index in [1.165, 1.54) is 12.8 Å². The van der Waals surface area contributed by atoms with E-state index >= 15 is 0 Å². The van der Waals surface area contributed by atoms with Gasteiger partial charge in [-0.15, -0.1) is 0 Å². The number of carbonyl (C=O) groups is 1. The lowest BCUT2D eigenvalue weighted by Gasteiger charge is -2.30. The van der Waals surface area contributed by atoms with Gasteiger partial charge in [-0.1, -0.05) is 6.92 Å². The summed E-state index contributed by atoms with van der Waals surface area (Å²) in [6.45, 7) is 4.77. The molecule has 0 aromatic heterocycles. The van der Waals surface area contributed by atoms with E-state index in [-0.39, 0.29) is 11.5 Å². The number of carbonyl (C=O) groups excluding carboxylic acids is 1. The van der Waals surface area contributed by atoms with Gasteiger partial charge in [-0.3, -0.25) is 9.69 Å². The quantitative estimate of drug-likeness (QED) is 0.814. The highest BCUT2D eigenvalue weighted by molar-refractivity contribution is 5.97. The second kappa shape index (κ2) is 5.32. The molecule has 1 unspecified atom stereocenters. The van der Waals surface area contributed by atoms with Gasteiger partial charge < -0.3 is 5.11 Å². The molecule has 1 fully saturated rings. The summed E-state index contributed by atoms with van der Waals surface area (Å²) in [6.07, 6.45) is 2.45. The van der Waals surface area contributed by atoms with Crippen LogP contribution in [-0.4, -0.2) is 35.4 Å². The second-order valence-electron chi connectivity index (χ2n) is 4.95. The molecule has 1 aromatic rings. The molecule has 0 amide bonds. The normalized spacial score (nSPS) is 21.4. The summed E-state index contributed by atoms with van der Waals surface area (Å²) in [5.41, 5.74) is 0.682. The molecule has 17 heavy (non-hydrogen) atoms. The predicted octanol–water partition coefficient (Wildman–Crippen LogP) is 2.31. The van der Waals surface area contributed by atoms with E-state index in [4.69, 9.17) is 0 Å². The second-order valence-corrected chi connectivity index (χ2v) is 4.95. The fourth-order valence-corrected chi connectivity index (χ4v) is 2.37. The van der Waals surface area contributed by atoms with Crippen molar-refractivity contribution < 1.29 is 9.90 Å². The molecule has 3 nitrogen and oxygen atoms in total. The highest BCUT2D eigenvalue weighted by Gasteiger charge is 2.19. The van der Waals surface area contributed by atoms with Gasteiger partial charge in [0.2, 0.25) is 0 Å². The van der Waals surface area contributed by atoms with Crippen molar-refractivity contribution in [2.45, 2.75) is 19.8 Å². The third-order valence-corrected chi connectivity index (χ3v) is 3.30. The molecule has 0 radical (unpaired) electrons. The number of phenols is 1. The minimum absolute atomic E-state index is 0.138. The molecule has 0 aliphatic carbocycles. The summed E-state index contributed by atoms with van der Waals surface area (Å²) in [7, 11) is 0. The molecule has 1 N–H and O–H groups in total. The van der Waals surface area contributed by atoms with Crippen molar-refractivity contribution in [2.75, 3.05) is 19.6 Å². The molecule has 0 saturated carbocycles. The minimum Gasteiger partial charge on any atom is -0.508 e. The number of ketones is 1. The van der Waals surface area contributed by atoms with Crippen molar-refractivity contribution in [2.24, 2.45) is 5.92 Å². The van der Waals surface area contributed by atoms with E-state index < -0.39 is 0 Å². The van der Waals surface area contributed by atoms with Crippen molar-refractivity contribution in [1.82, 2.24) is 4.90 Å². The van der Waals surface area contributed by atoms with E-state index in [1.807, 2.05) is 0 Å². The zero-order valence-electron chi connectivity index (χ0n) is 10.2. The Balaban J connectivity index is 1.94. The lowest BCUT2D eigenvalue weighted by atomic mass is 9.99. The van der Waals surface area contributed by atoms with Crippen LogP contribution in [-0.2, 0) is 0 Å². The first-order chi connectivity index (χ1) is 8.15. The van der Waals surface area contributed by atoms with Crippen LogP contribution in [0.5, 0.6) is 5.75 Å². The summed E-state index contributed by atoms with van der Waals surface area (Å²) in [5.74, 6) is 1.03. The summed E-state index contributed by atoms with van der Waals surface area (Å²) in [4.78, 5) is 14.2. The molecule has 3 heteroatoms. The number of aromatic hydroxyl groups is 1. The Kier molecular flexibility index (Phi) is 3.79. The number of piperidine rings is 1. The average molecular weight is 233 g/mol.